The largest absolute Gasteiger partial charge is 0.388 e. The van der Waals surface area contributed by atoms with E-state index in [1.807, 2.05) is 0 Å². The number of rotatable bonds is 5. The highest BCUT2D eigenvalue weighted by Gasteiger charge is 2.14. The average molecular weight is 152 g/mol. The van der Waals surface area contributed by atoms with Crippen molar-refractivity contribution < 1.29 is 22.4 Å². The van der Waals surface area contributed by atoms with Crippen LogP contribution in [0.3, 0.4) is 0 Å². The Balaban J connectivity index is 3.39. The molecule has 0 aliphatic heterocycles. The molecule has 0 saturated carbocycles. The molecule has 0 aliphatic rings. The van der Waals surface area contributed by atoms with E-state index in [0.29, 0.717) is 0 Å². The van der Waals surface area contributed by atoms with Crippen LogP contribution in [0.1, 0.15) is 2.74 Å². The van der Waals surface area contributed by atoms with Gasteiger partial charge in [0.1, 0.15) is 12.2 Å². The summed E-state index contributed by atoms with van der Waals surface area (Å²) in [6.45, 7) is -0.182. The molecule has 0 aromatic heterocycles. The Morgan fingerprint density at radius 3 is 1.90 bits per heavy atom. The van der Waals surface area contributed by atoms with Crippen molar-refractivity contribution >= 4 is 0 Å². The van der Waals surface area contributed by atoms with Crippen LogP contribution in [0, 0.1) is 0 Å². The zero-order chi connectivity index (χ0) is 9.40. The molecule has 0 radical (unpaired) electrons. The van der Waals surface area contributed by atoms with Gasteiger partial charge in [-0.3, -0.25) is 0 Å². The molecule has 0 aliphatic carbocycles. The molecule has 4 heteroatoms. The molecule has 2 N–H and O–H groups in total. The van der Waals surface area contributed by atoms with E-state index in [1.54, 1.807) is 0 Å². The maximum atomic E-state index is 9.08. The number of aliphatic hydroxyl groups is 2. The Morgan fingerprint density at radius 2 is 1.60 bits per heavy atom. The second kappa shape index (κ2) is 5.61. The molecule has 0 unspecified atom stereocenters. The van der Waals surface area contributed by atoms with Gasteiger partial charge in [-0.2, -0.15) is 0 Å². The van der Waals surface area contributed by atoms with Crippen LogP contribution in [0.4, 0.5) is 0 Å². The summed E-state index contributed by atoms with van der Waals surface area (Å²) in [4.78, 5) is 0. The summed E-state index contributed by atoms with van der Waals surface area (Å²) < 4.78 is 22.3. The van der Waals surface area contributed by atoms with Gasteiger partial charge < -0.3 is 19.7 Å². The van der Waals surface area contributed by atoms with Crippen LogP contribution in [-0.4, -0.2) is 49.8 Å². The van der Waals surface area contributed by atoms with E-state index in [-0.39, 0.29) is 27.4 Å². The van der Waals surface area contributed by atoms with Gasteiger partial charge in [0, 0.05) is 14.2 Å². The molecule has 0 spiro atoms. The van der Waals surface area contributed by atoms with Gasteiger partial charge in [0.15, 0.2) is 0 Å². The minimum absolute atomic E-state index is 0.0912. The van der Waals surface area contributed by atoms with Crippen molar-refractivity contribution in [1.29, 1.82) is 0 Å². The van der Waals surface area contributed by atoms with E-state index in [9.17, 15) is 0 Å². The monoisotopic (exact) mass is 152 g/mol. The van der Waals surface area contributed by atoms with Crippen molar-refractivity contribution in [3.8, 4) is 0 Å². The van der Waals surface area contributed by atoms with Crippen LogP contribution in [0.5, 0.6) is 0 Å². The maximum Gasteiger partial charge on any atom is 0.105 e. The van der Waals surface area contributed by atoms with Crippen molar-refractivity contribution in [3.05, 3.63) is 0 Å². The van der Waals surface area contributed by atoms with Crippen molar-refractivity contribution in [3.63, 3.8) is 0 Å². The maximum absolute atomic E-state index is 9.08. The van der Waals surface area contributed by atoms with Crippen LogP contribution in [0.15, 0.2) is 0 Å². The molecule has 0 aromatic carbocycles. The van der Waals surface area contributed by atoms with E-state index in [4.69, 9.17) is 13.0 Å². The predicted molar refractivity (Wildman–Crippen MR) is 35.8 cm³/mol. The number of aliphatic hydroxyl groups excluding tert-OH is 2. The summed E-state index contributed by atoms with van der Waals surface area (Å²) in [5, 5.41) is 18.2. The van der Waals surface area contributed by atoms with E-state index >= 15 is 0 Å². The summed E-state index contributed by atoms with van der Waals surface area (Å²) in [7, 11) is -0.494. The predicted octanol–water partition coefficient (Wildman–Crippen LogP) is -0.999. The first-order valence-electron chi connectivity index (χ1n) is 4.24. The smallest absolute Gasteiger partial charge is 0.105 e. The first-order chi connectivity index (χ1) is 5.72. The second-order valence-corrected chi connectivity index (χ2v) is 1.88. The van der Waals surface area contributed by atoms with Crippen LogP contribution < -0.4 is 0 Å². The first kappa shape index (κ1) is 6.54. The number of hydrogen-bond acceptors (Lipinski definition) is 4. The normalized spacial score (nSPS) is 19.4. The SMILES string of the molecule is [2H]COC[C@@H](O)[C@H](O)COC[2H]. The van der Waals surface area contributed by atoms with Gasteiger partial charge in [0.05, 0.1) is 16.0 Å². The fourth-order valence-electron chi connectivity index (χ4n) is 0.464. The molecule has 10 heavy (non-hydrogen) atoms. The lowest BCUT2D eigenvalue weighted by molar-refractivity contribution is -0.0555. The zero-order valence-corrected chi connectivity index (χ0v) is 5.69. The fourth-order valence-corrected chi connectivity index (χ4v) is 0.464. The highest BCUT2D eigenvalue weighted by molar-refractivity contribution is 4.64. The molecular weight excluding hydrogens is 136 g/mol. The molecule has 0 heterocycles. The summed E-state index contributed by atoms with van der Waals surface area (Å²) in [6.07, 6.45) is -2.11. The molecule has 4 nitrogen and oxygen atoms in total. The molecule has 0 rings (SSSR count). The molecule has 0 aromatic rings. The third-order valence-electron chi connectivity index (χ3n) is 1.02. The van der Waals surface area contributed by atoms with E-state index in [2.05, 4.69) is 9.47 Å². The van der Waals surface area contributed by atoms with Gasteiger partial charge in [0.25, 0.3) is 0 Å². The van der Waals surface area contributed by atoms with Crippen molar-refractivity contribution in [2.45, 2.75) is 12.2 Å². The Kier molecular flexibility index (Phi) is 3.67. The Bertz CT molecular complexity index is 91.5. The molecule has 2 atom stereocenters. The lowest BCUT2D eigenvalue weighted by Gasteiger charge is -2.15. The van der Waals surface area contributed by atoms with E-state index in [1.165, 1.54) is 0 Å². The van der Waals surface area contributed by atoms with Crippen molar-refractivity contribution in [2.75, 3.05) is 27.4 Å². The number of hydrogen-bond donors (Lipinski definition) is 2. The van der Waals surface area contributed by atoms with E-state index in [0.717, 1.165) is 0 Å². The van der Waals surface area contributed by atoms with Gasteiger partial charge in [-0.15, -0.1) is 0 Å². The summed E-state index contributed by atoms with van der Waals surface area (Å²) >= 11 is 0. The summed E-state index contributed by atoms with van der Waals surface area (Å²) in [5.41, 5.74) is 0. The standard InChI is InChI=1S/C6H14O4/c1-9-3-5(7)6(8)4-10-2/h5-8H,3-4H2,1-2H3/t5-,6-/m1/s1/i1D,2D. The van der Waals surface area contributed by atoms with Crippen molar-refractivity contribution in [2.24, 2.45) is 0 Å². The van der Waals surface area contributed by atoms with Crippen LogP contribution >= 0.6 is 0 Å². The third-order valence-corrected chi connectivity index (χ3v) is 1.02. The Morgan fingerprint density at radius 1 is 1.20 bits per heavy atom. The molecular formula is C6H14O4. The van der Waals surface area contributed by atoms with Crippen molar-refractivity contribution in [1.82, 2.24) is 0 Å². The molecule has 0 amide bonds. The molecule has 0 fully saturated rings. The average Bonchev–Trinajstić information content (AvgIpc) is 2.10. The number of methoxy groups -OCH3 is 2. The molecule has 0 saturated heterocycles. The minimum atomic E-state index is -1.05. The van der Waals surface area contributed by atoms with E-state index < -0.39 is 12.2 Å². The number of ether oxygens (including phenoxy) is 2. The molecule has 62 valence electrons. The van der Waals surface area contributed by atoms with Crippen LogP contribution in [-0.2, 0) is 9.47 Å². The summed E-state index contributed by atoms with van der Waals surface area (Å²) in [5.74, 6) is 0. The highest BCUT2D eigenvalue weighted by atomic mass is 16.5. The Hall–Kier alpha value is -0.160. The molecule has 0 bridgehead atoms. The summed E-state index contributed by atoms with van der Waals surface area (Å²) in [6, 6.07) is 0. The van der Waals surface area contributed by atoms with Gasteiger partial charge >= 0.3 is 0 Å². The quantitative estimate of drug-likeness (QED) is 0.530. The van der Waals surface area contributed by atoms with Gasteiger partial charge in [0.2, 0.25) is 0 Å². The first-order valence-corrected chi connectivity index (χ1v) is 2.82. The van der Waals surface area contributed by atoms with Gasteiger partial charge in [-0.25, -0.2) is 0 Å². The lowest BCUT2D eigenvalue weighted by atomic mass is 10.2. The van der Waals surface area contributed by atoms with Gasteiger partial charge in [-0.1, -0.05) is 0 Å². The zero-order valence-electron chi connectivity index (χ0n) is 7.69. The van der Waals surface area contributed by atoms with Crippen LogP contribution in [0.25, 0.3) is 0 Å². The topological polar surface area (TPSA) is 58.9 Å². The third kappa shape index (κ3) is 3.79. The fraction of sp³-hybridized carbons (Fsp3) is 1.00. The highest BCUT2D eigenvalue weighted by Crippen LogP contribution is 1.93. The minimum Gasteiger partial charge on any atom is -0.388 e. The van der Waals surface area contributed by atoms with Gasteiger partial charge in [-0.05, 0) is 0 Å². The Labute approximate surface area is 63.2 Å². The second-order valence-electron chi connectivity index (χ2n) is 1.88. The van der Waals surface area contributed by atoms with Crippen LogP contribution in [0.2, 0.25) is 0 Å². The lowest BCUT2D eigenvalue weighted by Crippen LogP contribution is -2.33.